The summed E-state index contributed by atoms with van der Waals surface area (Å²) in [4.78, 5) is 38.2. The second-order valence-electron chi connectivity index (χ2n) is 7.33. The summed E-state index contributed by atoms with van der Waals surface area (Å²) in [5.74, 6) is -0.649. The lowest BCUT2D eigenvalue weighted by molar-refractivity contribution is -0.121. The number of fused-ring (bicyclic) bond motifs is 2. The first-order valence-electron chi connectivity index (χ1n) is 10.0. The number of para-hydroxylation sites is 1. The summed E-state index contributed by atoms with van der Waals surface area (Å²) < 4.78 is 2.94. The molecule has 0 unspecified atom stereocenters. The van der Waals surface area contributed by atoms with E-state index in [2.05, 4.69) is 50.2 Å². The molecule has 1 aliphatic rings. The Kier molecular flexibility index (Phi) is 5.99. The topological polar surface area (TPSA) is 71.4 Å². The van der Waals surface area contributed by atoms with Gasteiger partial charge < -0.3 is 9.88 Å². The van der Waals surface area contributed by atoms with Gasteiger partial charge in [0.05, 0.1) is 11.1 Å². The maximum atomic E-state index is 12.4. The Morgan fingerprint density at radius 1 is 0.933 bits per heavy atom. The van der Waals surface area contributed by atoms with Crippen LogP contribution in [0.1, 0.15) is 40.0 Å². The van der Waals surface area contributed by atoms with Crippen LogP contribution in [-0.4, -0.2) is 40.3 Å². The molecule has 1 aromatic heterocycles. The van der Waals surface area contributed by atoms with Crippen molar-refractivity contribution >= 4 is 44.6 Å². The van der Waals surface area contributed by atoms with Crippen molar-refractivity contribution < 1.29 is 14.4 Å². The molecule has 154 valence electrons. The van der Waals surface area contributed by atoms with E-state index < -0.39 is 0 Å². The fourth-order valence-corrected chi connectivity index (χ4v) is 4.13. The molecule has 1 N–H and O–H groups in total. The minimum atomic E-state index is -0.296. The van der Waals surface area contributed by atoms with Gasteiger partial charge in [0.2, 0.25) is 5.91 Å². The first kappa shape index (κ1) is 20.3. The highest BCUT2D eigenvalue weighted by Crippen LogP contribution is 2.26. The van der Waals surface area contributed by atoms with E-state index in [1.165, 1.54) is 15.8 Å². The molecule has 4 rings (SSSR count). The molecule has 0 aliphatic carbocycles. The second-order valence-corrected chi connectivity index (χ2v) is 8.24. The Balaban J connectivity index is 1.19. The van der Waals surface area contributed by atoms with E-state index in [1.54, 1.807) is 18.2 Å². The zero-order valence-electron chi connectivity index (χ0n) is 16.4. The lowest BCUT2D eigenvalue weighted by Gasteiger charge is -2.13. The van der Waals surface area contributed by atoms with Gasteiger partial charge in [0.25, 0.3) is 11.8 Å². The van der Waals surface area contributed by atoms with Gasteiger partial charge in [-0.25, -0.2) is 0 Å². The third-order valence-electron chi connectivity index (χ3n) is 5.30. The Morgan fingerprint density at radius 3 is 2.60 bits per heavy atom. The van der Waals surface area contributed by atoms with E-state index in [0.29, 0.717) is 24.1 Å². The third kappa shape index (κ3) is 4.16. The van der Waals surface area contributed by atoms with Gasteiger partial charge in [-0.3, -0.25) is 19.3 Å². The zero-order valence-corrected chi connectivity index (χ0v) is 18.0. The largest absolute Gasteiger partial charge is 0.356 e. The molecule has 2 heterocycles. The number of aromatic nitrogens is 1. The molecule has 2 aromatic carbocycles. The fraction of sp³-hybridized carbons (Fsp3) is 0.261. The third-order valence-corrected chi connectivity index (χ3v) is 5.79. The number of imide groups is 1. The molecule has 7 heteroatoms. The van der Waals surface area contributed by atoms with Gasteiger partial charge in [-0.05, 0) is 48.6 Å². The van der Waals surface area contributed by atoms with Crippen LogP contribution in [-0.2, 0) is 11.3 Å². The number of hydrogen-bond acceptors (Lipinski definition) is 3. The molecule has 0 saturated heterocycles. The number of halogens is 1. The summed E-state index contributed by atoms with van der Waals surface area (Å²) >= 11 is 3.32. The minimum absolute atomic E-state index is 0.0632. The number of nitrogens with zero attached hydrogens (tertiary/aromatic N) is 2. The predicted molar refractivity (Wildman–Crippen MR) is 118 cm³/mol. The van der Waals surface area contributed by atoms with Gasteiger partial charge in [0, 0.05) is 42.2 Å². The molecule has 0 fully saturated rings. The van der Waals surface area contributed by atoms with Crippen LogP contribution in [0, 0.1) is 0 Å². The lowest BCUT2D eigenvalue weighted by Crippen LogP contribution is -2.32. The molecule has 0 radical (unpaired) electrons. The van der Waals surface area contributed by atoms with Crippen molar-refractivity contribution in [3.05, 3.63) is 70.3 Å². The molecular weight excluding hydrogens is 446 g/mol. The van der Waals surface area contributed by atoms with Crippen LogP contribution in [0.15, 0.2) is 59.2 Å². The van der Waals surface area contributed by atoms with Gasteiger partial charge in [-0.1, -0.05) is 34.1 Å². The highest BCUT2D eigenvalue weighted by atomic mass is 79.9. The maximum absolute atomic E-state index is 12.4. The SMILES string of the molecule is O=C(CCCN1C(=O)c2ccc(Br)cc2C1=O)NCCCn1ccc2ccccc21. The Hall–Kier alpha value is -2.93. The number of nitrogens with one attached hydrogen (secondary N) is 1. The molecule has 1 aliphatic heterocycles. The van der Waals surface area contributed by atoms with Gasteiger partial charge in [-0.2, -0.15) is 0 Å². The van der Waals surface area contributed by atoms with Crippen molar-refractivity contribution in [2.75, 3.05) is 13.1 Å². The summed E-state index contributed by atoms with van der Waals surface area (Å²) in [5, 5.41) is 4.13. The van der Waals surface area contributed by atoms with E-state index >= 15 is 0 Å². The molecule has 3 amide bonds. The van der Waals surface area contributed by atoms with Gasteiger partial charge in [0.15, 0.2) is 0 Å². The second kappa shape index (κ2) is 8.83. The van der Waals surface area contributed by atoms with Crippen molar-refractivity contribution in [3.63, 3.8) is 0 Å². The van der Waals surface area contributed by atoms with Crippen molar-refractivity contribution in [1.29, 1.82) is 0 Å². The first-order valence-corrected chi connectivity index (χ1v) is 10.8. The molecule has 0 saturated carbocycles. The number of benzene rings is 2. The number of rotatable bonds is 8. The zero-order chi connectivity index (χ0) is 21.1. The first-order chi connectivity index (χ1) is 14.5. The molecule has 3 aromatic rings. The number of aryl methyl sites for hydroxylation is 1. The van der Waals surface area contributed by atoms with Crippen LogP contribution in [0.5, 0.6) is 0 Å². The van der Waals surface area contributed by atoms with Crippen LogP contribution in [0.3, 0.4) is 0 Å². The fourth-order valence-electron chi connectivity index (χ4n) is 3.76. The molecular formula is C23H22BrN3O3. The Morgan fingerprint density at radius 2 is 1.73 bits per heavy atom. The summed E-state index contributed by atoms with van der Waals surface area (Å²) in [6.45, 7) is 1.66. The average molecular weight is 468 g/mol. The lowest BCUT2D eigenvalue weighted by atomic mass is 10.1. The summed E-state index contributed by atoms with van der Waals surface area (Å²) in [6.07, 6.45) is 3.62. The molecule has 30 heavy (non-hydrogen) atoms. The predicted octanol–water partition coefficient (Wildman–Crippen LogP) is 3.99. The van der Waals surface area contributed by atoms with Crippen LogP contribution >= 0.6 is 15.9 Å². The van der Waals surface area contributed by atoms with Crippen molar-refractivity contribution in [1.82, 2.24) is 14.8 Å². The highest BCUT2D eigenvalue weighted by Gasteiger charge is 2.35. The van der Waals surface area contributed by atoms with Gasteiger partial charge >= 0.3 is 0 Å². The van der Waals surface area contributed by atoms with E-state index in [0.717, 1.165) is 17.4 Å². The normalized spacial score (nSPS) is 13.2. The summed E-state index contributed by atoms with van der Waals surface area (Å²) in [5.41, 5.74) is 2.03. The number of hydrogen-bond donors (Lipinski definition) is 1. The summed E-state index contributed by atoms with van der Waals surface area (Å²) in [7, 11) is 0. The van der Waals surface area contributed by atoms with Gasteiger partial charge in [-0.15, -0.1) is 0 Å². The van der Waals surface area contributed by atoms with Crippen molar-refractivity contribution in [3.8, 4) is 0 Å². The minimum Gasteiger partial charge on any atom is -0.356 e. The molecule has 0 spiro atoms. The van der Waals surface area contributed by atoms with Crippen LogP contribution in [0.4, 0.5) is 0 Å². The highest BCUT2D eigenvalue weighted by molar-refractivity contribution is 9.10. The number of carbonyl (C=O) groups excluding carboxylic acids is 3. The Bertz CT molecular complexity index is 1120. The number of amides is 3. The van der Waals surface area contributed by atoms with E-state index in [-0.39, 0.29) is 30.7 Å². The maximum Gasteiger partial charge on any atom is 0.261 e. The van der Waals surface area contributed by atoms with Gasteiger partial charge in [0.1, 0.15) is 0 Å². The quantitative estimate of drug-likeness (QED) is 0.402. The summed E-state index contributed by atoms with van der Waals surface area (Å²) in [6, 6.07) is 15.4. The van der Waals surface area contributed by atoms with E-state index in [9.17, 15) is 14.4 Å². The number of carbonyl (C=O) groups is 3. The standard InChI is InChI=1S/C23H22BrN3O3/c24-17-8-9-18-19(15-17)23(30)27(22(18)29)13-3-7-21(28)25-11-4-12-26-14-10-16-5-1-2-6-20(16)26/h1-2,5-6,8-10,14-15H,3-4,7,11-13H2,(H,25,28). The molecule has 0 atom stereocenters. The van der Waals surface area contributed by atoms with E-state index in [4.69, 9.17) is 0 Å². The van der Waals surface area contributed by atoms with Crippen molar-refractivity contribution in [2.24, 2.45) is 0 Å². The smallest absolute Gasteiger partial charge is 0.261 e. The van der Waals surface area contributed by atoms with E-state index in [1.807, 2.05) is 12.1 Å². The van der Waals surface area contributed by atoms with Crippen LogP contribution in [0.25, 0.3) is 10.9 Å². The van der Waals surface area contributed by atoms with Crippen LogP contribution in [0.2, 0.25) is 0 Å². The monoisotopic (exact) mass is 467 g/mol. The molecule has 0 bridgehead atoms. The van der Waals surface area contributed by atoms with Crippen LogP contribution < -0.4 is 5.32 Å². The molecule has 6 nitrogen and oxygen atoms in total. The average Bonchev–Trinajstić information content (AvgIpc) is 3.25. The Labute approximate surface area is 183 Å². The van der Waals surface area contributed by atoms with Crippen molar-refractivity contribution in [2.45, 2.75) is 25.8 Å².